The van der Waals surface area contributed by atoms with Crippen molar-refractivity contribution in [3.8, 4) is 11.4 Å². The van der Waals surface area contributed by atoms with Crippen LogP contribution in [0.3, 0.4) is 0 Å². The molecular weight excluding hydrogens is 450 g/mol. The van der Waals surface area contributed by atoms with E-state index >= 15 is 0 Å². The molecule has 0 saturated heterocycles. The third kappa shape index (κ3) is 5.37. The van der Waals surface area contributed by atoms with Gasteiger partial charge in [-0.15, -0.1) is 11.3 Å². The first kappa shape index (κ1) is 23.9. The van der Waals surface area contributed by atoms with Crippen LogP contribution in [0.2, 0.25) is 0 Å². The van der Waals surface area contributed by atoms with Crippen LogP contribution in [0.5, 0.6) is 5.75 Å². The zero-order valence-electron chi connectivity index (χ0n) is 18.4. The molecule has 11 heteroatoms. The van der Waals surface area contributed by atoms with Crippen LogP contribution in [0.25, 0.3) is 16.5 Å². The monoisotopic (exact) mass is 473 g/mol. The molecule has 3 rings (SSSR count). The molecular formula is C22H23N3O7S. The highest BCUT2D eigenvalue weighted by atomic mass is 32.1. The van der Waals surface area contributed by atoms with Crippen molar-refractivity contribution in [2.45, 2.75) is 26.7 Å². The number of rotatable bonds is 9. The number of fused-ring (bicyclic) bond motifs is 1. The summed E-state index contributed by atoms with van der Waals surface area (Å²) in [5.74, 6) is -1.05. The Kier molecular flexibility index (Phi) is 7.78. The SMILES string of the molecule is CCOC(=O)CCC(=O)Nc1scc2c(C(=O)OCC)nn(-c3ccc(OC)cc3)c(=O)c12. The van der Waals surface area contributed by atoms with E-state index in [2.05, 4.69) is 10.4 Å². The fourth-order valence-corrected chi connectivity index (χ4v) is 3.98. The van der Waals surface area contributed by atoms with Crippen molar-refractivity contribution in [2.24, 2.45) is 0 Å². The Bertz CT molecular complexity index is 1230. The van der Waals surface area contributed by atoms with E-state index < -0.39 is 23.4 Å². The zero-order valence-corrected chi connectivity index (χ0v) is 19.2. The summed E-state index contributed by atoms with van der Waals surface area (Å²) >= 11 is 1.08. The maximum Gasteiger partial charge on any atom is 0.359 e. The zero-order chi connectivity index (χ0) is 24.0. The Morgan fingerprint density at radius 2 is 1.76 bits per heavy atom. The predicted molar refractivity (Wildman–Crippen MR) is 122 cm³/mol. The number of esters is 2. The first-order valence-corrected chi connectivity index (χ1v) is 11.1. The third-order valence-corrected chi connectivity index (χ3v) is 5.45. The number of amides is 1. The molecule has 1 N–H and O–H groups in total. The number of hydrogen-bond acceptors (Lipinski definition) is 9. The van der Waals surface area contributed by atoms with E-state index in [1.807, 2.05) is 0 Å². The lowest BCUT2D eigenvalue weighted by molar-refractivity contribution is -0.144. The van der Waals surface area contributed by atoms with Crippen molar-refractivity contribution in [3.05, 3.63) is 45.7 Å². The second-order valence-electron chi connectivity index (χ2n) is 6.69. The molecule has 0 aliphatic rings. The lowest BCUT2D eigenvalue weighted by atomic mass is 10.2. The number of thiophene rings is 1. The Balaban J connectivity index is 2.05. The van der Waals surface area contributed by atoms with Crippen molar-refractivity contribution in [3.63, 3.8) is 0 Å². The van der Waals surface area contributed by atoms with E-state index in [1.165, 1.54) is 7.11 Å². The topological polar surface area (TPSA) is 126 Å². The van der Waals surface area contributed by atoms with Crippen LogP contribution in [-0.4, -0.2) is 47.9 Å². The maximum absolute atomic E-state index is 13.3. The normalized spacial score (nSPS) is 10.6. The van der Waals surface area contributed by atoms with Gasteiger partial charge in [-0.25, -0.2) is 4.79 Å². The second-order valence-corrected chi connectivity index (χ2v) is 7.57. The van der Waals surface area contributed by atoms with Gasteiger partial charge in [0.25, 0.3) is 5.56 Å². The van der Waals surface area contributed by atoms with Crippen LogP contribution in [0, 0.1) is 0 Å². The van der Waals surface area contributed by atoms with E-state index in [4.69, 9.17) is 14.2 Å². The van der Waals surface area contributed by atoms with Crippen molar-refractivity contribution < 1.29 is 28.6 Å². The number of aromatic nitrogens is 2. The van der Waals surface area contributed by atoms with Crippen LogP contribution < -0.4 is 15.6 Å². The maximum atomic E-state index is 13.3. The molecule has 0 saturated carbocycles. The molecule has 2 aromatic heterocycles. The van der Waals surface area contributed by atoms with Crippen LogP contribution in [0.15, 0.2) is 34.4 Å². The number of methoxy groups -OCH3 is 1. The summed E-state index contributed by atoms with van der Waals surface area (Å²) in [6.45, 7) is 3.70. The van der Waals surface area contributed by atoms with Gasteiger partial charge >= 0.3 is 11.9 Å². The summed E-state index contributed by atoms with van der Waals surface area (Å²) in [6, 6.07) is 6.56. The molecule has 1 amide bonds. The fourth-order valence-electron chi connectivity index (χ4n) is 3.03. The number of hydrogen-bond donors (Lipinski definition) is 1. The van der Waals surface area contributed by atoms with Crippen LogP contribution in [0.1, 0.15) is 37.2 Å². The summed E-state index contributed by atoms with van der Waals surface area (Å²) in [4.78, 5) is 49.8. The van der Waals surface area contributed by atoms with E-state index in [1.54, 1.807) is 43.5 Å². The molecule has 0 aliphatic carbocycles. The molecule has 2 heterocycles. The lowest BCUT2D eigenvalue weighted by Crippen LogP contribution is -2.25. The minimum Gasteiger partial charge on any atom is -0.497 e. The van der Waals surface area contributed by atoms with E-state index in [-0.39, 0.29) is 47.5 Å². The smallest absolute Gasteiger partial charge is 0.359 e. The molecule has 0 spiro atoms. The summed E-state index contributed by atoms with van der Waals surface area (Å²) in [5, 5.41) is 9.11. The summed E-state index contributed by atoms with van der Waals surface area (Å²) < 4.78 is 16.2. The van der Waals surface area contributed by atoms with E-state index in [0.717, 1.165) is 16.0 Å². The van der Waals surface area contributed by atoms with Crippen molar-refractivity contribution >= 4 is 45.0 Å². The van der Waals surface area contributed by atoms with Gasteiger partial charge in [0, 0.05) is 17.2 Å². The number of nitrogens with zero attached hydrogens (tertiary/aromatic N) is 2. The first-order valence-electron chi connectivity index (χ1n) is 10.2. The molecule has 0 bridgehead atoms. The molecule has 0 aliphatic heterocycles. The van der Waals surface area contributed by atoms with Gasteiger partial charge in [-0.2, -0.15) is 9.78 Å². The van der Waals surface area contributed by atoms with Crippen LogP contribution in [0.4, 0.5) is 5.00 Å². The van der Waals surface area contributed by atoms with Crippen LogP contribution >= 0.6 is 11.3 Å². The molecule has 0 fully saturated rings. The minimum absolute atomic E-state index is 0.0504. The Labute approximate surface area is 193 Å². The van der Waals surface area contributed by atoms with Gasteiger partial charge in [0.15, 0.2) is 5.69 Å². The highest BCUT2D eigenvalue weighted by molar-refractivity contribution is 7.16. The Hall–Kier alpha value is -3.73. The van der Waals surface area contributed by atoms with Crippen LogP contribution in [-0.2, 0) is 19.1 Å². The standard InChI is InChI=1S/C22H23N3O7S/c1-4-31-17(27)11-10-16(26)23-20-18-15(12-33-20)19(22(29)32-5-2)24-25(21(18)28)13-6-8-14(30-3)9-7-13/h6-9,12H,4-5,10-11H2,1-3H3,(H,23,26). The molecule has 3 aromatic rings. The summed E-state index contributed by atoms with van der Waals surface area (Å²) in [5.41, 5.74) is -0.172. The summed E-state index contributed by atoms with van der Waals surface area (Å²) in [6.07, 6.45) is -0.199. The fraction of sp³-hybridized carbons (Fsp3) is 0.318. The highest BCUT2D eigenvalue weighted by Gasteiger charge is 2.23. The van der Waals surface area contributed by atoms with Gasteiger partial charge in [0.05, 0.1) is 37.8 Å². The van der Waals surface area contributed by atoms with Gasteiger partial charge in [-0.05, 0) is 38.1 Å². The molecule has 0 unspecified atom stereocenters. The molecule has 174 valence electrons. The molecule has 0 atom stereocenters. The Morgan fingerprint density at radius 3 is 2.39 bits per heavy atom. The van der Waals surface area contributed by atoms with Crippen molar-refractivity contribution in [2.75, 3.05) is 25.6 Å². The van der Waals surface area contributed by atoms with Crippen molar-refractivity contribution in [1.82, 2.24) is 9.78 Å². The quantitative estimate of drug-likeness (QED) is 0.470. The number of nitrogens with one attached hydrogen (secondary N) is 1. The summed E-state index contributed by atoms with van der Waals surface area (Å²) in [7, 11) is 1.52. The highest BCUT2D eigenvalue weighted by Crippen LogP contribution is 2.31. The lowest BCUT2D eigenvalue weighted by Gasteiger charge is -2.10. The Morgan fingerprint density at radius 1 is 1.06 bits per heavy atom. The number of carbonyl (C=O) groups is 3. The largest absolute Gasteiger partial charge is 0.497 e. The van der Waals surface area contributed by atoms with E-state index in [0.29, 0.717) is 11.4 Å². The number of benzene rings is 1. The van der Waals surface area contributed by atoms with Gasteiger partial charge in [-0.3, -0.25) is 14.4 Å². The molecule has 10 nitrogen and oxygen atoms in total. The van der Waals surface area contributed by atoms with Gasteiger partial charge in [-0.1, -0.05) is 0 Å². The minimum atomic E-state index is -0.692. The number of ether oxygens (including phenoxy) is 3. The third-order valence-electron chi connectivity index (χ3n) is 4.55. The van der Waals surface area contributed by atoms with E-state index in [9.17, 15) is 19.2 Å². The van der Waals surface area contributed by atoms with Crippen molar-refractivity contribution in [1.29, 1.82) is 0 Å². The molecule has 1 aromatic carbocycles. The number of anilines is 1. The predicted octanol–water partition coefficient (Wildman–Crippen LogP) is 2.91. The average Bonchev–Trinajstić information content (AvgIpc) is 3.22. The second kappa shape index (κ2) is 10.7. The molecule has 0 radical (unpaired) electrons. The van der Waals surface area contributed by atoms with Gasteiger partial charge in [0.1, 0.15) is 10.8 Å². The average molecular weight is 474 g/mol. The molecule has 33 heavy (non-hydrogen) atoms. The first-order chi connectivity index (χ1) is 15.9. The number of carbonyl (C=O) groups excluding carboxylic acids is 3. The van der Waals surface area contributed by atoms with Gasteiger partial charge < -0.3 is 19.5 Å². The van der Waals surface area contributed by atoms with Gasteiger partial charge in [0.2, 0.25) is 5.91 Å².